The largest absolute Gasteiger partial charge is 0.338 e. The fourth-order valence-electron chi connectivity index (χ4n) is 2.58. The van der Waals surface area contributed by atoms with Gasteiger partial charge in [-0.05, 0) is 37.1 Å². The summed E-state index contributed by atoms with van der Waals surface area (Å²) in [5, 5.41) is 4.34. The Hall–Kier alpha value is -0.770. The second kappa shape index (κ2) is 7.30. The normalized spacial score (nSPS) is 18.2. The van der Waals surface area contributed by atoms with E-state index in [0.717, 1.165) is 38.0 Å². The highest BCUT2D eigenvalue weighted by atomic mass is 35.5. The molecule has 1 amide bonds. The fourth-order valence-corrected chi connectivity index (χ4v) is 2.90. The van der Waals surface area contributed by atoms with Crippen molar-refractivity contribution in [3.8, 4) is 0 Å². The summed E-state index contributed by atoms with van der Waals surface area (Å²) in [7, 11) is 0. The first kappa shape index (κ1) is 15.6. The van der Waals surface area contributed by atoms with Crippen LogP contribution in [0.5, 0.6) is 0 Å². The van der Waals surface area contributed by atoms with Gasteiger partial charge in [0.05, 0.1) is 16.5 Å². The van der Waals surface area contributed by atoms with Crippen molar-refractivity contribution in [2.45, 2.75) is 32.2 Å². The Morgan fingerprint density at radius 1 is 1.40 bits per heavy atom. The third-order valence-corrected chi connectivity index (χ3v) is 4.34. The third kappa shape index (κ3) is 3.87. The van der Waals surface area contributed by atoms with E-state index >= 15 is 0 Å². The van der Waals surface area contributed by atoms with Crippen molar-refractivity contribution < 1.29 is 4.79 Å². The molecule has 1 heterocycles. The Morgan fingerprint density at radius 3 is 2.80 bits per heavy atom. The predicted molar refractivity (Wildman–Crippen MR) is 83.4 cm³/mol. The summed E-state index contributed by atoms with van der Waals surface area (Å²) in [6, 6.07) is 5.71. The van der Waals surface area contributed by atoms with Gasteiger partial charge in [0.25, 0.3) is 0 Å². The van der Waals surface area contributed by atoms with Crippen molar-refractivity contribution in [2.24, 2.45) is 0 Å². The molecule has 1 fully saturated rings. The molecule has 1 aromatic carbocycles. The van der Waals surface area contributed by atoms with Crippen LogP contribution in [0.2, 0.25) is 10.0 Å². The lowest BCUT2D eigenvalue weighted by Crippen LogP contribution is -2.42. The van der Waals surface area contributed by atoms with Crippen LogP contribution in [0.3, 0.4) is 0 Å². The topological polar surface area (TPSA) is 32.3 Å². The van der Waals surface area contributed by atoms with E-state index in [4.69, 9.17) is 23.2 Å². The van der Waals surface area contributed by atoms with E-state index in [0.29, 0.717) is 22.5 Å². The van der Waals surface area contributed by atoms with E-state index < -0.39 is 0 Å². The minimum Gasteiger partial charge on any atom is -0.338 e. The van der Waals surface area contributed by atoms with Gasteiger partial charge >= 0.3 is 0 Å². The zero-order valence-corrected chi connectivity index (χ0v) is 13.2. The number of halogens is 2. The summed E-state index contributed by atoms with van der Waals surface area (Å²) < 4.78 is 0. The van der Waals surface area contributed by atoms with E-state index in [1.165, 1.54) is 0 Å². The smallest absolute Gasteiger partial charge is 0.227 e. The molecule has 1 aromatic rings. The Labute approximate surface area is 130 Å². The van der Waals surface area contributed by atoms with Gasteiger partial charge in [-0.1, -0.05) is 36.2 Å². The van der Waals surface area contributed by atoms with Crippen LogP contribution in [0.25, 0.3) is 0 Å². The van der Waals surface area contributed by atoms with Crippen molar-refractivity contribution in [3.63, 3.8) is 0 Å². The van der Waals surface area contributed by atoms with Crippen LogP contribution in [0, 0.1) is 0 Å². The lowest BCUT2D eigenvalue weighted by Gasteiger charge is -2.28. The average Bonchev–Trinajstić information content (AvgIpc) is 2.94. The van der Waals surface area contributed by atoms with Gasteiger partial charge in [0, 0.05) is 19.1 Å². The second-order valence-corrected chi connectivity index (χ2v) is 5.97. The number of amides is 1. The number of carbonyl (C=O) groups excluding carboxylic acids is 1. The van der Waals surface area contributed by atoms with Gasteiger partial charge in [0.2, 0.25) is 5.91 Å². The average molecular weight is 315 g/mol. The van der Waals surface area contributed by atoms with Crippen molar-refractivity contribution in [1.29, 1.82) is 0 Å². The molecule has 1 aliphatic heterocycles. The van der Waals surface area contributed by atoms with Gasteiger partial charge in [-0.2, -0.15) is 0 Å². The molecule has 20 heavy (non-hydrogen) atoms. The molecule has 3 nitrogen and oxygen atoms in total. The molecule has 1 atom stereocenters. The van der Waals surface area contributed by atoms with Crippen LogP contribution >= 0.6 is 23.2 Å². The molecule has 0 spiro atoms. The lowest BCUT2D eigenvalue weighted by atomic mass is 10.1. The summed E-state index contributed by atoms with van der Waals surface area (Å²) in [4.78, 5) is 14.5. The van der Waals surface area contributed by atoms with Crippen LogP contribution in [0.4, 0.5) is 0 Å². The van der Waals surface area contributed by atoms with Crippen molar-refractivity contribution in [3.05, 3.63) is 33.8 Å². The standard InChI is InChI=1S/C15H20Cl2N2O/c1-2-7-19(12-5-6-18-10-12)15(20)9-11-3-4-13(16)14(17)8-11/h3-4,8,12,18H,2,5-7,9-10H2,1H3. The Bertz CT molecular complexity index is 473. The number of hydrogen-bond donors (Lipinski definition) is 1. The number of rotatable bonds is 5. The van der Waals surface area contributed by atoms with Gasteiger partial charge in [-0.3, -0.25) is 4.79 Å². The molecule has 110 valence electrons. The maximum Gasteiger partial charge on any atom is 0.227 e. The van der Waals surface area contributed by atoms with E-state index in [1.807, 2.05) is 11.0 Å². The molecule has 0 radical (unpaired) electrons. The molecule has 0 aliphatic carbocycles. The molecule has 5 heteroatoms. The molecule has 0 saturated carbocycles. The van der Waals surface area contributed by atoms with Gasteiger partial charge in [0.1, 0.15) is 0 Å². The number of benzene rings is 1. The van der Waals surface area contributed by atoms with Crippen LogP contribution in [0.1, 0.15) is 25.3 Å². The fraction of sp³-hybridized carbons (Fsp3) is 0.533. The van der Waals surface area contributed by atoms with Gasteiger partial charge in [-0.25, -0.2) is 0 Å². The zero-order chi connectivity index (χ0) is 14.5. The molecular weight excluding hydrogens is 295 g/mol. The highest BCUT2D eigenvalue weighted by molar-refractivity contribution is 6.42. The summed E-state index contributed by atoms with van der Waals surface area (Å²) in [6.45, 7) is 4.80. The molecule has 1 aliphatic rings. The maximum absolute atomic E-state index is 12.5. The summed E-state index contributed by atoms with van der Waals surface area (Å²) >= 11 is 11.9. The Morgan fingerprint density at radius 2 is 2.20 bits per heavy atom. The van der Waals surface area contributed by atoms with E-state index in [-0.39, 0.29) is 5.91 Å². The summed E-state index contributed by atoms with van der Waals surface area (Å²) in [5.41, 5.74) is 0.913. The molecule has 0 aromatic heterocycles. The van der Waals surface area contributed by atoms with Gasteiger partial charge in [0.15, 0.2) is 0 Å². The Balaban J connectivity index is 2.05. The van der Waals surface area contributed by atoms with Crippen LogP contribution in [-0.4, -0.2) is 36.5 Å². The second-order valence-electron chi connectivity index (χ2n) is 5.16. The lowest BCUT2D eigenvalue weighted by molar-refractivity contribution is -0.132. The first-order valence-electron chi connectivity index (χ1n) is 7.06. The number of nitrogens with one attached hydrogen (secondary N) is 1. The number of nitrogens with zero attached hydrogens (tertiary/aromatic N) is 1. The molecule has 2 rings (SSSR count). The highest BCUT2D eigenvalue weighted by Gasteiger charge is 2.25. The number of hydrogen-bond acceptors (Lipinski definition) is 2. The quantitative estimate of drug-likeness (QED) is 0.905. The van der Waals surface area contributed by atoms with E-state index in [9.17, 15) is 4.79 Å². The van der Waals surface area contributed by atoms with Crippen molar-refractivity contribution in [1.82, 2.24) is 10.2 Å². The zero-order valence-electron chi connectivity index (χ0n) is 11.7. The molecule has 1 saturated heterocycles. The van der Waals surface area contributed by atoms with E-state index in [1.54, 1.807) is 12.1 Å². The van der Waals surface area contributed by atoms with Crippen molar-refractivity contribution >= 4 is 29.1 Å². The van der Waals surface area contributed by atoms with Gasteiger partial charge < -0.3 is 10.2 Å². The van der Waals surface area contributed by atoms with Crippen LogP contribution in [0.15, 0.2) is 18.2 Å². The van der Waals surface area contributed by atoms with Crippen LogP contribution < -0.4 is 5.32 Å². The molecular formula is C15H20Cl2N2O. The van der Waals surface area contributed by atoms with Gasteiger partial charge in [-0.15, -0.1) is 0 Å². The minimum absolute atomic E-state index is 0.166. The predicted octanol–water partition coefficient (Wildman–Crippen LogP) is 3.14. The molecule has 0 bridgehead atoms. The molecule has 1 N–H and O–H groups in total. The number of carbonyl (C=O) groups is 1. The monoisotopic (exact) mass is 314 g/mol. The van der Waals surface area contributed by atoms with Crippen molar-refractivity contribution in [2.75, 3.05) is 19.6 Å². The maximum atomic E-state index is 12.5. The SMILES string of the molecule is CCCN(C(=O)Cc1ccc(Cl)c(Cl)c1)C1CCNC1. The minimum atomic E-state index is 0.166. The van der Waals surface area contributed by atoms with E-state index in [2.05, 4.69) is 12.2 Å². The Kier molecular flexibility index (Phi) is 5.70. The van der Waals surface area contributed by atoms with Crippen LogP contribution in [-0.2, 0) is 11.2 Å². The third-order valence-electron chi connectivity index (χ3n) is 3.60. The summed E-state index contributed by atoms with van der Waals surface area (Å²) in [6.07, 6.45) is 2.39. The highest BCUT2D eigenvalue weighted by Crippen LogP contribution is 2.23. The molecule has 1 unspecified atom stereocenters. The summed E-state index contributed by atoms with van der Waals surface area (Å²) in [5.74, 6) is 0.166. The first-order chi connectivity index (χ1) is 9.61. The first-order valence-corrected chi connectivity index (χ1v) is 7.81.